The van der Waals surface area contributed by atoms with Crippen LogP contribution in [0.2, 0.25) is 5.02 Å². The molecule has 0 bridgehead atoms. The minimum Gasteiger partial charge on any atom is -0.340 e. The highest BCUT2D eigenvalue weighted by Gasteiger charge is 2.31. The first-order chi connectivity index (χ1) is 16.5. The third-order valence-corrected chi connectivity index (χ3v) is 7.64. The predicted octanol–water partition coefficient (Wildman–Crippen LogP) is 4.82. The highest BCUT2D eigenvalue weighted by molar-refractivity contribution is 6.30. The molecule has 178 valence electrons. The van der Waals surface area contributed by atoms with Gasteiger partial charge in [-0.15, -0.1) is 0 Å². The lowest BCUT2D eigenvalue weighted by molar-refractivity contribution is -0.138. The number of hydrogen-bond acceptors (Lipinski definition) is 4. The number of carbonyl (C=O) groups is 1. The first kappa shape index (κ1) is 23.1. The zero-order valence-corrected chi connectivity index (χ0v) is 20.4. The molecule has 34 heavy (non-hydrogen) atoms. The fraction of sp³-hybridized carbons (Fsp3) is 0.444. The number of benzene rings is 2. The molecule has 1 aromatic heterocycles. The molecule has 1 aliphatic carbocycles. The first-order valence-corrected chi connectivity index (χ1v) is 12.7. The van der Waals surface area contributed by atoms with E-state index in [2.05, 4.69) is 11.8 Å². The van der Waals surface area contributed by atoms with Crippen molar-refractivity contribution in [2.24, 2.45) is 5.92 Å². The van der Waals surface area contributed by atoms with Gasteiger partial charge in [-0.3, -0.25) is 19.1 Å². The lowest BCUT2D eigenvalue weighted by Crippen LogP contribution is -2.51. The minimum absolute atomic E-state index is 0.0825. The summed E-state index contributed by atoms with van der Waals surface area (Å²) in [4.78, 5) is 35.9. The van der Waals surface area contributed by atoms with E-state index in [1.54, 1.807) is 16.7 Å². The van der Waals surface area contributed by atoms with Gasteiger partial charge in [0.25, 0.3) is 5.56 Å². The van der Waals surface area contributed by atoms with E-state index in [9.17, 15) is 9.59 Å². The highest BCUT2D eigenvalue weighted by Crippen LogP contribution is 2.28. The monoisotopic (exact) mass is 478 g/mol. The Morgan fingerprint density at radius 2 is 1.65 bits per heavy atom. The maximum absolute atomic E-state index is 13.6. The predicted molar refractivity (Wildman–Crippen MR) is 135 cm³/mol. The Balaban J connectivity index is 1.42. The van der Waals surface area contributed by atoms with Crippen molar-refractivity contribution in [3.8, 4) is 5.69 Å². The van der Waals surface area contributed by atoms with E-state index in [0.29, 0.717) is 27.7 Å². The van der Waals surface area contributed by atoms with E-state index in [1.165, 1.54) is 19.3 Å². The normalized spacial score (nSPS) is 18.8. The second-order valence-electron chi connectivity index (χ2n) is 9.48. The van der Waals surface area contributed by atoms with Crippen molar-refractivity contribution in [2.45, 2.75) is 45.1 Å². The van der Waals surface area contributed by atoms with Crippen LogP contribution in [0.4, 0.5) is 0 Å². The summed E-state index contributed by atoms with van der Waals surface area (Å²) < 4.78 is 1.71. The van der Waals surface area contributed by atoms with Crippen LogP contribution in [0.3, 0.4) is 0 Å². The number of aromatic nitrogens is 2. The second-order valence-corrected chi connectivity index (χ2v) is 9.91. The number of carbonyl (C=O) groups excluding carboxylic acids is 1. The molecule has 1 aliphatic heterocycles. The van der Waals surface area contributed by atoms with Crippen LogP contribution in [0.25, 0.3) is 16.6 Å². The van der Waals surface area contributed by atoms with Gasteiger partial charge in [0.1, 0.15) is 5.82 Å². The Kier molecular flexibility index (Phi) is 6.70. The van der Waals surface area contributed by atoms with E-state index in [0.717, 1.165) is 44.7 Å². The summed E-state index contributed by atoms with van der Waals surface area (Å²) in [7, 11) is 0. The highest BCUT2D eigenvalue weighted by atomic mass is 35.5. The lowest BCUT2D eigenvalue weighted by Gasteiger charge is -2.39. The maximum Gasteiger partial charge on any atom is 0.266 e. The van der Waals surface area contributed by atoms with Crippen LogP contribution < -0.4 is 5.56 Å². The van der Waals surface area contributed by atoms with Crippen LogP contribution in [0.5, 0.6) is 0 Å². The molecule has 1 atom stereocenters. The average molecular weight is 479 g/mol. The molecular weight excluding hydrogens is 448 g/mol. The number of halogens is 1. The standard InChI is InChI=1S/C27H31ClN4O2/c1-19(30-15-17-31(18-16-30)26(33)20-7-3-2-4-8-20)25-29-24-10-6-5-9-23(24)27(34)32(25)22-13-11-21(28)12-14-22/h5-6,9-14,19-20H,2-4,7-8,15-18H2,1H3. The SMILES string of the molecule is CC(c1nc2ccccc2c(=O)n1-c1ccc(Cl)cc1)N1CCN(C(=O)C2CCCCC2)CC1. The Morgan fingerprint density at radius 3 is 2.35 bits per heavy atom. The van der Waals surface area contributed by atoms with Gasteiger partial charge in [-0.05, 0) is 56.2 Å². The molecule has 0 spiro atoms. The van der Waals surface area contributed by atoms with Crippen LogP contribution in [-0.4, -0.2) is 51.4 Å². The van der Waals surface area contributed by atoms with Gasteiger partial charge in [0.2, 0.25) is 5.91 Å². The van der Waals surface area contributed by atoms with Gasteiger partial charge in [0, 0.05) is 37.1 Å². The molecule has 5 rings (SSSR count). The molecule has 2 heterocycles. The fourth-order valence-electron chi connectivity index (χ4n) is 5.37. The smallest absolute Gasteiger partial charge is 0.266 e. The largest absolute Gasteiger partial charge is 0.340 e. The molecule has 1 saturated carbocycles. The molecule has 0 N–H and O–H groups in total. The van der Waals surface area contributed by atoms with Crippen molar-refractivity contribution in [1.82, 2.24) is 19.4 Å². The summed E-state index contributed by atoms with van der Waals surface area (Å²) in [6.45, 7) is 5.07. The van der Waals surface area contributed by atoms with Crippen LogP contribution in [0.15, 0.2) is 53.3 Å². The Morgan fingerprint density at radius 1 is 0.971 bits per heavy atom. The van der Waals surface area contributed by atoms with Crippen LogP contribution in [0, 0.1) is 5.92 Å². The molecule has 2 fully saturated rings. The van der Waals surface area contributed by atoms with Gasteiger partial charge in [-0.1, -0.05) is 43.0 Å². The summed E-state index contributed by atoms with van der Waals surface area (Å²) >= 11 is 6.11. The first-order valence-electron chi connectivity index (χ1n) is 12.3. The fourth-order valence-corrected chi connectivity index (χ4v) is 5.50. The van der Waals surface area contributed by atoms with Gasteiger partial charge in [-0.25, -0.2) is 4.98 Å². The molecular formula is C27H31ClN4O2. The third kappa shape index (κ3) is 4.49. The van der Waals surface area contributed by atoms with E-state index >= 15 is 0 Å². The molecule has 1 amide bonds. The van der Waals surface area contributed by atoms with E-state index in [-0.39, 0.29) is 17.5 Å². The summed E-state index contributed by atoms with van der Waals surface area (Å²) in [5.74, 6) is 1.24. The van der Waals surface area contributed by atoms with Crippen molar-refractivity contribution in [1.29, 1.82) is 0 Å². The summed E-state index contributed by atoms with van der Waals surface area (Å²) in [5.41, 5.74) is 1.37. The molecule has 3 aromatic rings. The topological polar surface area (TPSA) is 58.4 Å². The molecule has 1 saturated heterocycles. The van der Waals surface area contributed by atoms with E-state index < -0.39 is 0 Å². The Bertz CT molecular complexity index is 1230. The van der Waals surface area contributed by atoms with Crippen LogP contribution in [0.1, 0.15) is 50.9 Å². The summed E-state index contributed by atoms with van der Waals surface area (Å²) in [6.07, 6.45) is 5.66. The van der Waals surface area contributed by atoms with E-state index in [4.69, 9.17) is 16.6 Å². The van der Waals surface area contributed by atoms with E-state index in [1.807, 2.05) is 41.3 Å². The third-order valence-electron chi connectivity index (χ3n) is 7.39. The quantitative estimate of drug-likeness (QED) is 0.539. The van der Waals surface area contributed by atoms with Crippen molar-refractivity contribution < 1.29 is 4.79 Å². The molecule has 6 nitrogen and oxygen atoms in total. The molecule has 1 unspecified atom stereocenters. The van der Waals surface area contributed by atoms with Gasteiger partial charge in [-0.2, -0.15) is 0 Å². The zero-order valence-electron chi connectivity index (χ0n) is 19.6. The molecule has 0 radical (unpaired) electrons. The number of nitrogens with zero attached hydrogens (tertiary/aromatic N) is 4. The number of hydrogen-bond donors (Lipinski definition) is 0. The Hall–Kier alpha value is -2.70. The second kappa shape index (κ2) is 9.88. The van der Waals surface area contributed by atoms with Crippen molar-refractivity contribution >= 4 is 28.4 Å². The zero-order chi connectivity index (χ0) is 23.7. The number of fused-ring (bicyclic) bond motifs is 1. The lowest BCUT2D eigenvalue weighted by atomic mass is 9.88. The van der Waals surface area contributed by atoms with Gasteiger partial charge in [0.15, 0.2) is 0 Å². The molecule has 2 aliphatic rings. The minimum atomic E-state index is -0.0834. The van der Waals surface area contributed by atoms with Crippen molar-refractivity contribution in [3.63, 3.8) is 0 Å². The molecule has 7 heteroatoms. The van der Waals surface area contributed by atoms with Gasteiger partial charge >= 0.3 is 0 Å². The number of piperazine rings is 1. The molecule has 2 aromatic carbocycles. The average Bonchev–Trinajstić information content (AvgIpc) is 2.89. The number of para-hydroxylation sites is 1. The van der Waals surface area contributed by atoms with Crippen molar-refractivity contribution in [2.75, 3.05) is 26.2 Å². The van der Waals surface area contributed by atoms with Gasteiger partial charge in [0.05, 0.1) is 22.6 Å². The van der Waals surface area contributed by atoms with Crippen LogP contribution >= 0.6 is 11.6 Å². The van der Waals surface area contributed by atoms with Gasteiger partial charge < -0.3 is 4.90 Å². The summed E-state index contributed by atoms with van der Waals surface area (Å²) in [5, 5.41) is 1.22. The van der Waals surface area contributed by atoms with Crippen LogP contribution in [-0.2, 0) is 4.79 Å². The Labute approximate surface area is 205 Å². The maximum atomic E-state index is 13.6. The van der Waals surface area contributed by atoms with Crippen molar-refractivity contribution in [3.05, 3.63) is 69.7 Å². The summed E-state index contributed by atoms with van der Waals surface area (Å²) in [6, 6.07) is 14.7. The number of rotatable bonds is 4. The number of amides is 1.